The molecule has 202 valence electrons. The first-order chi connectivity index (χ1) is 19.7. The minimum Gasteiger partial charge on any atom is -0.356 e. The molecule has 0 radical (unpaired) electrons. The van der Waals surface area contributed by atoms with Crippen molar-refractivity contribution in [2.75, 3.05) is 44.2 Å². The van der Waals surface area contributed by atoms with E-state index in [4.69, 9.17) is 4.98 Å². The van der Waals surface area contributed by atoms with Crippen molar-refractivity contribution in [2.24, 2.45) is 0 Å². The lowest BCUT2D eigenvalue weighted by Gasteiger charge is -2.30. The fourth-order valence-electron chi connectivity index (χ4n) is 6.79. The van der Waals surface area contributed by atoms with Gasteiger partial charge in [0, 0.05) is 50.7 Å². The molecule has 3 aliphatic heterocycles. The number of anilines is 1. The first-order valence-corrected chi connectivity index (χ1v) is 14.2. The molecule has 8 rings (SSSR count). The number of rotatable bonds is 5. The van der Waals surface area contributed by atoms with Gasteiger partial charge in [0.25, 0.3) is 5.91 Å². The summed E-state index contributed by atoms with van der Waals surface area (Å²) in [5.41, 5.74) is 4.17. The Kier molecular flexibility index (Phi) is 5.38. The van der Waals surface area contributed by atoms with Crippen LogP contribution in [0.5, 0.6) is 0 Å². The number of nitrogens with zero attached hydrogens (tertiary/aromatic N) is 8. The lowest BCUT2D eigenvalue weighted by Crippen LogP contribution is -2.44. The zero-order chi connectivity index (χ0) is 26.8. The molecule has 0 spiro atoms. The number of carbonyl (C=O) groups excluding carboxylic acids is 1. The van der Waals surface area contributed by atoms with Crippen LogP contribution in [0, 0.1) is 0 Å². The van der Waals surface area contributed by atoms with Gasteiger partial charge in [-0.15, -0.1) is 0 Å². The van der Waals surface area contributed by atoms with Crippen LogP contribution in [-0.4, -0.2) is 78.9 Å². The molecule has 40 heavy (non-hydrogen) atoms. The molecule has 1 unspecified atom stereocenters. The average Bonchev–Trinajstić information content (AvgIpc) is 3.76. The number of carbonyl (C=O) groups is 1. The Morgan fingerprint density at radius 3 is 2.60 bits per heavy atom. The Balaban J connectivity index is 1.24. The Labute approximate surface area is 230 Å². The van der Waals surface area contributed by atoms with Crippen molar-refractivity contribution < 1.29 is 4.79 Å². The lowest BCUT2D eigenvalue weighted by molar-refractivity contribution is 0.0673. The highest BCUT2D eigenvalue weighted by molar-refractivity contribution is 6.07. The monoisotopic (exact) mass is 534 g/mol. The van der Waals surface area contributed by atoms with Gasteiger partial charge in [-0.1, -0.05) is 12.1 Å². The third kappa shape index (κ3) is 3.55. The van der Waals surface area contributed by atoms with E-state index < -0.39 is 0 Å². The van der Waals surface area contributed by atoms with E-state index in [-0.39, 0.29) is 22.8 Å². The summed E-state index contributed by atoms with van der Waals surface area (Å²) in [6.45, 7) is 5.65. The van der Waals surface area contributed by atoms with Gasteiger partial charge in [0.05, 0.1) is 28.8 Å². The van der Waals surface area contributed by atoms with Gasteiger partial charge in [-0.3, -0.25) is 24.0 Å². The zero-order valence-corrected chi connectivity index (χ0v) is 22.2. The van der Waals surface area contributed by atoms with Crippen LogP contribution in [0.15, 0.2) is 59.8 Å². The summed E-state index contributed by atoms with van der Waals surface area (Å²) >= 11 is 0. The first-order valence-electron chi connectivity index (χ1n) is 14.2. The van der Waals surface area contributed by atoms with Crippen molar-refractivity contribution in [3.63, 3.8) is 0 Å². The van der Waals surface area contributed by atoms with Crippen LogP contribution in [0.2, 0.25) is 0 Å². The largest absolute Gasteiger partial charge is 0.356 e. The molecule has 1 amide bonds. The van der Waals surface area contributed by atoms with E-state index in [1.54, 1.807) is 12.4 Å². The van der Waals surface area contributed by atoms with Gasteiger partial charge >= 0.3 is 0 Å². The number of para-hydroxylation sites is 2. The second-order valence-corrected chi connectivity index (χ2v) is 11.1. The molecule has 1 atom stereocenters. The van der Waals surface area contributed by atoms with Gasteiger partial charge in [-0.25, -0.2) is 4.98 Å². The number of aromatic nitrogens is 5. The van der Waals surface area contributed by atoms with E-state index in [1.165, 1.54) is 12.8 Å². The molecule has 0 bridgehead atoms. The number of fused-ring (bicyclic) bond motifs is 5. The molecule has 1 aromatic carbocycles. The van der Waals surface area contributed by atoms with Crippen molar-refractivity contribution in [2.45, 2.75) is 31.8 Å². The van der Waals surface area contributed by atoms with Crippen molar-refractivity contribution in [3.05, 3.63) is 76.5 Å². The highest BCUT2D eigenvalue weighted by atomic mass is 16.2. The summed E-state index contributed by atoms with van der Waals surface area (Å²) in [7, 11) is 0. The number of pyridine rings is 2. The summed E-state index contributed by atoms with van der Waals surface area (Å²) in [5.74, 6) is 0.926. The van der Waals surface area contributed by atoms with Crippen molar-refractivity contribution in [1.29, 1.82) is 0 Å². The Bertz CT molecular complexity index is 1840. The highest BCUT2D eigenvalue weighted by Crippen LogP contribution is 2.33. The Morgan fingerprint density at radius 2 is 1.77 bits per heavy atom. The number of imidazole rings is 1. The number of likely N-dealkylation sites (tertiary alicyclic amines) is 1. The number of hydrogen-bond donors (Lipinski definition) is 0. The standard InChI is InChI=1S/C30H30N8O2/c39-27-21-7-8-25(35-14-9-20(18-35)22-17-31-10-11-32-22)33-28(21)38-24-6-2-1-5-23(24)37-19-36(30(40)26(27)29(37)38)16-15-34-12-3-4-13-34/h1-2,5-8,10-11,17,20H,3-4,9,12-16,18-19H2. The minimum atomic E-state index is -0.243. The molecule has 10 nitrogen and oxygen atoms in total. The summed E-state index contributed by atoms with van der Waals surface area (Å²) in [4.78, 5) is 48.1. The summed E-state index contributed by atoms with van der Waals surface area (Å²) < 4.78 is 4.14. The molecule has 7 heterocycles. The number of amides is 1. The molecule has 0 aliphatic carbocycles. The van der Waals surface area contributed by atoms with E-state index in [9.17, 15) is 9.59 Å². The van der Waals surface area contributed by atoms with Gasteiger partial charge in [0.15, 0.2) is 5.65 Å². The summed E-state index contributed by atoms with van der Waals surface area (Å²) in [5, 5.41) is 0.471. The van der Waals surface area contributed by atoms with Gasteiger partial charge in [-0.2, -0.15) is 0 Å². The van der Waals surface area contributed by atoms with Crippen molar-refractivity contribution >= 4 is 39.4 Å². The number of benzene rings is 1. The molecular formula is C30H30N8O2. The van der Waals surface area contributed by atoms with Crippen LogP contribution >= 0.6 is 0 Å². The molecular weight excluding hydrogens is 504 g/mol. The van der Waals surface area contributed by atoms with E-state index in [0.717, 1.165) is 61.7 Å². The third-order valence-corrected chi connectivity index (χ3v) is 8.86. The fraction of sp³-hybridized carbons (Fsp3) is 0.367. The molecule has 0 N–H and O–H groups in total. The molecule has 2 saturated heterocycles. The topological polar surface area (TPSA) is 91.9 Å². The normalized spacial score (nSPS) is 19.6. The van der Waals surface area contributed by atoms with Crippen LogP contribution < -0.4 is 10.3 Å². The Hall–Kier alpha value is -4.31. The van der Waals surface area contributed by atoms with E-state index in [1.807, 2.05) is 45.8 Å². The number of hydrogen-bond acceptors (Lipinski definition) is 7. The molecule has 10 heteroatoms. The molecule has 3 aliphatic rings. The van der Waals surface area contributed by atoms with E-state index >= 15 is 0 Å². The van der Waals surface area contributed by atoms with Gasteiger partial charge in [-0.05, 0) is 56.6 Å². The fourth-order valence-corrected chi connectivity index (χ4v) is 6.79. The maximum absolute atomic E-state index is 14.0. The molecule has 2 fully saturated rings. The quantitative estimate of drug-likeness (QED) is 0.342. The summed E-state index contributed by atoms with van der Waals surface area (Å²) in [6, 6.07) is 11.9. The van der Waals surface area contributed by atoms with Crippen molar-refractivity contribution in [1.82, 2.24) is 33.7 Å². The van der Waals surface area contributed by atoms with E-state index in [0.29, 0.717) is 29.9 Å². The minimum absolute atomic E-state index is 0.186. The molecule has 5 aromatic rings. The first kappa shape index (κ1) is 23.6. The Morgan fingerprint density at radius 1 is 0.925 bits per heavy atom. The predicted molar refractivity (Wildman–Crippen MR) is 153 cm³/mol. The van der Waals surface area contributed by atoms with Crippen LogP contribution in [0.4, 0.5) is 5.82 Å². The predicted octanol–water partition coefficient (Wildman–Crippen LogP) is 3.10. The summed E-state index contributed by atoms with van der Waals surface area (Å²) in [6.07, 6.45) is 8.66. The van der Waals surface area contributed by atoms with E-state index in [2.05, 4.69) is 30.4 Å². The highest BCUT2D eigenvalue weighted by Gasteiger charge is 2.34. The molecule has 0 saturated carbocycles. The van der Waals surface area contributed by atoms with Gasteiger partial charge < -0.3 is 19.3 Å². The van der Waals surface area contributed by atoms with Crippen LogP contribution in [-0.2, 0) is 6.67 Å². The smallest absolute Gasteiger partial charge is 0.263 e. The second kappa shape index (κ2) is 9.12. The third-order valence-electron chi connectivity index (χ3n) is 8.86. The maximum Gasteiger partial charge on any atom is 0.263 e. The van der Waals surface area contributed by atoms with Crippen LogP contribution in [0.3, 0.4) is 0 Å². The zero-order valence-electron chi connectivity index (χ0n) is 22.2. The van der Waals surface area contributed by atoms with Crippen LogP contribution in [0.1, 0.15) is 41.2 Å². The van der Waals surface area contributed by atoms with Gasteiger partial charge in [0.2, 0.25) is 5.43 Å². The maximum atomic E-state index is 14.0. The average molecular weight is 535 g/mol. The SMILES string of the molecule is O=C1c2c(=O)c3ccc(N4CCC(c5cnccn5)C4)nc3n3c4ccccc4n(c23)CN1CCN1CCCC1. The van der Waals surface area contributed by atoms with Gasteiger partial charge in [0.1, 0.15) is 17.0 Å². The second-order valence-electron chi connectivity index (χ2n) is 11.1. The molecule has 4 aromatic heterocycles. The lowest BCUT2D eigenvalue weighted by atomic mass is 10.1. The van der Waals surface area contributed by atoms with Crippen LogP contribution in [0.25, 0.3) is 27.7 Å². The van der Waals surface area contributed by atoms with Crippen molar-refractivity contribution in [3.8, 4) is 0 Å².